The van der Waals surface area contributed by atoms with Crippen molar-refractivity contribution in [2.24, 2.45) is 5.41 Å². The van der Waals surface area contributed by atoms with Crippen molar-refractivity contribution in [3.05, 3.63) is 10.7 Å². The summed E-state index contributed by atoms with van der Waals surface area (Å²) in [6.07, 6.45) is 6.80. The van der Waals surface area contributed by atoms with Gasteiger partial charge in [0.15, 0.2) is 0 Å². The van der Waals surface area contributed by atoms with Gasteiger partial charge >= 0.3 is 0 Å². The Balaban J connectivity index is 2.09. The molecule has 0 amide bonds. The fourth-order valence-electron chi connectivity index (χ4n) is 2.60. The van der Waals surface area contributed by atoms with Gasteiger partial charge in [0.1, 0.15) is 5.82 Å². The van der Waals surface area contributed by atoms with Crippen molar-refractivity contribution in [2.75, 3.05) is 17.7 Å². The molecule has 0 radical (unpaired) electrons. The van der Waals surface area contributed by atoms with Crippen LogP contribution in [0, 0.1) is 5.41 Å². The lowest BCUT2D eigenvalue weighted by Crippen LogP contribution is -2.32. The van der Waals surface area contributed by atoms with E-state index in [1.807, 2.05) is 7.05 Å². The smallest absolute Gasteiger partial charge is 0.224 e. The SMILES string of the molecule is CNc1ncc(Br)c(NC2CCCC(C)(C)C2)n1. The topological polar surface area (TPSA) is 49.8 Å². The molecule has 2 N–H and O–H groups in total. The summed E-state index contributed by atoms with van der Waals surface area (Å²) in [4.78, 5) is 8.62. The van der Waals surface area contributed by atoms with E-state index in [4.69, 9.17) is 0 Å². The molecule has 1 aromatic rings. The molecular formula is C13H21BrN4. The first kappa shape index (κ1) is 13.6. The molecule has 1 fully saturated rings. The maximum Gasteiger partial charge on any atom is 0.224 e. The van der Waals surface area contributed by atoms with E-state index in [1.165, 1.54) is 25.7 Å². The van der Waals surface area contributed by atoms with Crippen LogP contribution in [0.25, 0.3) is 0 Å². The van der Waals surface area contributed by atoms with Gasteiger partial charge in [0, 0.05) is 19.3 Å². The first-order chi connectivity index (χ1) is 8.50. The summed E-state index contributed by atoms with van der Waals surface area (Å²) in [6, 6.07) is 0.504. The van der Waals surface area contributed by atoms with Crippen molar-refractivity contribution in [3.8, 4) is 0 Å². The number of anilines is 2. The maximum atomic E-state index is 4.45. The summed E-state index contributed by atoms with van der Waals surface area (Å²) in [7, 11) is 1.83. The number of nitrogens with one attached hydrogen (secondary N) is 2. The van der Waals surface area contributed by atoms with Gasteiger partial charge < -0.3 is 10.6 Å². The van der Waals surface area contributed by atoms with Crippen LogP contribution in [-0.4, -0.2) is 23.1 Å². The lowest BCUT2D eigenvalue weighted by Gasteiger charge is -2.35. The van der Waals surface area contributed by atoms with Crippen LogP contribution >= 0.6 is 15.9 Å². The van der Waals surface area contributed by atoms with Gasteiger partial charge in [-0.15, -0.1) is 0 Å². The first-order valence-electron chi connectivity index (χ1n) is 6.47. The molecule has 0 spiro atoms. The highest BCUT2D eigenvalue weighted by molar-refractivity contribution is 9.10. The van der Waals surface area contributed by atoms with E-state index in [-0.39, 0.29) is 0 Å². The van der Waals surface area contributed by atoms with Crippen LogP contribution in [0.4, 0.5) is 11.8 Å². The predicted molar refractivity (Wildman–Crippen MR) is 78.9 cm³/mol. The van der Waals surface area contributed by atoms with Crippen LogP contribution in [0.15, 0.2) is 10.7 Å². The van der Waals surface area contributed by atoms with Gasteiger partial charge in [-0.05, 0) is 40.6 Å². The molecular weight excluding hydrogens is 292 g/mol. The molecule has 4 nitrogen and oxygen atoms in total. The van der Waals surface area contributed by atoms with Crippen molar-refractivity contribution < 1.29 is 0 Å². The Morgan fingerprint density at radius 1 is 1.44 bits per heavy atom. The quantitative estimate of drug-likeness (QED) is 0.894. The minimum Gasteiger partial charge on any atom is -0.366 e. The minimum absolute atomic E-state index is 0.432. The predicted octanol–water partition coefficient (Wildman–Crippen LogP) is 3.66. The molecule has 0 aromatic carbocycles. The second-order valence-electron chi connectivity index (χ2n) is 5.74. The third-order valence-corrected chi connectivity index (χ3v) is 4.09. The van der Waals surface area contributed by atoms with Gasteiger partial charge in [-0.2, -0.15) is 4.98 Å². The molecule has 1 saturated carbocycles. The first-order valence-corrected chi connectivity index (χ1v) is 7.26. The van der Waals surface area contributed by atoms with E-state index in [1.54, 1.807) is 6.20 Å². The third-order valence-electron chi connectivity index (χ3n) is 3.51. The van der Waals surface area contributed by atoms with E-state index in [9.17, 15) is 0 Å². The number of hydrogen-bond donors (Lipinski definition) is 2. The maximum absolute atomic E-state index is 4.45. The second-order valence-corrected chi connectivity index (χ2v) is 6.60. The number of hydrogen-bond acceptors (Lipinski definition) is 4. The minimum atomic E-state index is 0.432. The lowest BCUT2D eigenvalue weighted by atomic mass is 9.75. The van der Waals surface area contributed by atoms with Crippen LogP contribution in [-0.2, 0) is 0 Å². The third kappa shape index (κ3) is 3.34. The van der Waals surface area contributed by atoms with Gasteiger partial charge in [-0.25, -0.2) is 4.98 Å². The van der Waals surface area contributed by atoms with Crippen LogP contribution in [0.3, 0.4) is 0 Å². The fraction of sp³-hybridized carbons (Fsp3) is 0.692. The Kier molecular flexibility index (Phi) is 4.10. The zero-order valence-corrected chi connectivity index (χ0v) is 12.8. The van der Waals surface area contributed by atoms with Crippen molar-refractivity contribution in [1.82, 2.24) is 9.97 Å². The molecule has 18 heavy (non-hydrogen) atoms. The molecule has 1 atom stereocenters. The van der Waals surface area contributed by atoms with E-state index in [0.717, 1.165) is 10.3 Å². The Labute approximate surface area is 117 Å². The summed E-state index contributed by atoms with van der Waals surface area (Å²) in [5.41, 5.74) is 0.432. The average Bonchev–Trinajstić information content (AvgIpc) is 2.31. The van der Waals surface area contributed by atoms with Crippen LogP contribution in [0.2, 0.25) is 0 Å². The van der Waals surface area contributed by atoms with E-state index < -0.39 is 0 Å². The molecule has 1 aliphatic rings. The molecule has 1 unspecified atom stereocenters. The number of nitrogens with zero attached hydrogens (tertiary/aromatic N) is 2. The van der Waals surface area contributed by atoms with E-state index >= 15 is 0 Å². The molecule has 5 heteroatoms. The highest BCUT2D eigenvalue weighted by Crippen LogP contribution is 2.36. The molecule has 100 valence electrons. The Hall–Kier alpha value is -0.840. The van der Waals surface area contributed by atoms with Gasteiger partial charge in [0.25, 0.3) is 0 Å². The second kappa shape index (κ2) is 5.43. The zero-order valence-electron chi connectivity index (χ0n) is 11.3. The van der Waals surface area contributed by atoms with Crippen molar-refractivity contribution in [2.45, 2.75) is 45.6 Å². The monoisotopic (exact) mass is 312 g/mol. The Morgan fingerprint density at radius 2 is 2.22 bits per heavy atom. The fourth-order valence-corrected chi connectivity index (χ4v) is 2.91. The van der Waals surface area contributed by atoms with Gasteiger partial charge in [-0.3, -0.25) is 0 Å². The van der Waals surface area contributed by atoms with Crippen molar-refractivity contribution in [3.63, 3.8) is 0 Å². The molecule has 1 aromatic heterocycles. The summed E-state index contributed by atoms with van der Waals surface area (Å²) < 4.78 is 0.921. The lowest BCUT2D eigenvalue weighted by molar-refractivity contribution is 0.229. The van der Waals surface area contributed by atoms with Crippen LogP contribution in [0.5, 0.6) is 0 Å². The normalized spacial score (nSPS) is 22.6. The highest BCUT2D eigenvalue weighted by Gasteiger charge is 2.28. The van der Waals surface area contributed by atoms with E-state index in [0.29, 0.717) is 17.4 Å². The summed E-state index contributed by atoms with van der Waals surface area (Å²) in [5.74, 6) is 1.54. The standard InChI is InChI=1S/C13H21BrN4/c1-13(2)6-4-5-9(7-13)17-11-10(14)8-16-12(15-3)18-11/h8-9H,4-7H2,1-3H3,(H2,15,16,17,18). The number of rotatable bonds is 3. The molecule has 0 saturated heterocycles. The van der Waals surface area contributed by atoms with Gasteiger partial charge in [0.05, 0.1) is 4.47 Å². The van der Waals surface area contributed by atoms with Crippen LogP contribution in [0.1, 0.15) is 39.5 Å². The molecule has 0 bridgehead atoms. The van der Waals surface area contributed by atoms with Gasteiger partial charge in [0.2, 0.25) is 5.95 Å². The molecule has 0 aliphatic heterocycles. The molecule has 1 aliphatic carbocycles. The number of aromatic nitrogens is 2. The van der Waals surface area contributed by atoms with E-state index in [2.05, 4.69) is 50.4 Å². The molecule has 1 heterocycles. The highest BCUT2D eigenvalue weighted by atomic mass is 79.9. The van der Waals surface area contributed by atoms with Gasteiger partial charge in [-0.1, -0.05) is 20.3 Å². The summed E-state index contributed by atoms with van der Waals surface area (Å²) in [5, 5.41) is 6.51. The summed E-state index contributed by atoms with van der Waals surface area (Å²) in [6.45, 7) is 4.68. The van der Waals surface area contributed by atoms with Crippen LogP contribution < -0.4 is 10.6 Å². The van der Waals surface area contributed by atoms with Crippen molar-refractivity contribution >= 4 is 27.7 Å². The zero-order chi connectivity index (χ0) is 13.2. The van der Waals surface area contributed by atoms with Crippen molar-refractivity contribution in [1.29, 1.82) is 0 Å². The average molecular weight is 313 g/mol. The Bertz CT molecular complexity index is 419. The Morgan fingerprint density at radius 3 is 2.89 bits per heavy atom. The number of halogens is 1. The largest absolute Gasteiger partial charge is 0.366 e. The molecule has 2 rings (SSSR count). The summed E-state index contributed by atoms with van der Waals surface area (Å²) >= 11 is 3.50.